The molecule has 0 bridgehead atoms. The molecule has 0 saturated carbocycles. The van der Waals surface area contributed by atoms with E-state index in [4.69, 9.17) is 9.72 Å². The maximum Gasteiger partial charge on any atom is 0.276 e. The number of aromatic nitrogens is 3. The summed E-state index contributed by atoms with van der Waals surface area (Å²) < 4.78 is 5.54. The minimum Gasteiger partial charge on any atom is -0.494 e. The standard InChI is InChI=1S/C23H23N5O2S/c1-4-30-18-10-8-15(9-11-18)19-20(22(29)27-23-24-12-13-31-23)26-21(25-19)16-6-5-7-17(14-16)28(2)3/h5-14H,4H2,1-3H3,(H,25,26)(H,24,27,29). The van der Waals surface area contributed by atoms with Crippen molar-refractivity contribution in [2.45, 2.75) is 6.92 Å². The molecule has 2 aromatic carbocycles. The molecular weight excluding hydrogens is 410 g/mol. The van der Waals surface area contributed by atoms with Crippen LogP contribution in [0.25, 0.3) is 22.6 Å². The lowest BCUT2D eigenvalue weighted by molar-refractivity contribution is 0.102. The first kappa shape index (κ1) is 20.6. The maximum absolute atomic E-state index is 13.0. The normalized spacial score (nSPS) is 10.7. The number of imidazole rings is 1. The van der Waals surface area contributed by atoms with Crippen LogP contribution >= 0.6 is 11.3 Å². The summed E-state index contributed by atoms with van der Waals surface area (Å²) in [5.74, 6) is 1.10. The molecule has 4 rings (SSSR count). The predicted octanol–water partition coefficient (Wildman–Crippen LogP) is 4.92. The SMILES string of the molecule is CCOc1ccc(-c2nc(-c3cccc(N(C)C)c3)[nH]c2C(=O)Nc2nccs2)cc1. The van der Waals surface area contributed by atoms with E-state index in [9.17, 15) is 4.79 Å². The molecule has 8 heteroatoms. The third kappa shape index (κ3) is 4.59. The van der Waals surface area contributed by atoms with Crippen molar-refractivity contribution in [2.75, 3.05) is 30.9 Å². The van der Waals surface area contributed by atoms with Gasteiger partial charge in [0, 0.05) is 42.5 Å². The van der Waals surface area contributed by atoms with Gasteiger partial charge >= 0.3 is 0 Å². The molecule has 2 heterocycles. The van der Waals surface area contributed by atoms with E-state index < -0.39 is 0 Å². The Balaban J connectivity index is 1.76. The van der Waals surface area contributed by atoms with Gasteiger partial charge in [-0.3, -0.25) is 10.1 Å². The maximum atomic E-state index is 13.0. The van der Waals surface area contributed by atoms with Crippen LogP contribution in [-0.2, 0) is 0 Å². The topological polar surface area (TPSA) is 83.1 Å². The fraction of sp³-hybridized carbons (Fsp3) is 0.174. The molecule has 7 nitrogen and oxygen atoms in total. The molecule has 0 aliphatic carbocycles. The van der Waals surface area contributed by atoms with Gasteiger partial charge in [-0.25, -0.2) is 9.97 Å². The minimum atomic E-state index is -0.290. The number of anilines is 2. The zero-order chi connectivity index (χ0) is 21.8. The first-order chi connectivity index (χ1) is 15.0. The number of aromatic amines is 1. The van der Waals surface area contributed by atoms with E-state index in [1.807, 2.05) is 79.8 Å². The highest BCUT2D eigenvalue weighted by atomic mass is 32.1. The summed E-state index contributed by atoms with van der Waals surface area (Å²) >= 11 is 1.36. The van der Waals surface area contributed by atoms with E-state index in [-0.39, 0.29) is 5.91 Å². The Morgan fingerprint density at radius 3 is 2.65 bits per heavy atom. The number of amides is 1. The summed E-state index contributed by atoms with van der Waals surface area (Å²) in [6.07, 6.45) is 1.65. The summed E-state index contributed by atoms with van der Waals surface area (Å²) in [5, 5.41) is 5.19. The van der Waals surface area contributed by atoms with E-state index in [1.54, 1.807) is 6.20 Å². The number of hydrogen-bond acceptors (Lipinski definition) is 6. The van der Waals surface area contributed by atoms with Crippen LogP contribution in [0.1, 0.15) is 17.4 Å². The molecule has 4 aromatic rings. The quantitative estimate of drug-likeness (QED) is 0.432. The van der Waals surface area contributed by atoms with Crippen molar-refractivity contribution >= 4 is 28.1 Å². The van der Waals surface area contributed by atoms with Crippen LogP contribution in [0.4, 0.5) is 10.8 Å². The highest BCUT2D eigenvalue weighted by Crippen LogP contribution is 2.30. The van der Waals surface area contributed by atoms with Crippen LogP contribution in [0, 0.1) is 0 Å². The number of rotatable bonds is 7. The van der Waals surface area contributed by atoms with Gasteiger partial charge in [-0.15, -0.1) is 11.3 Å². The number of nitrogens with one attached hydrogen (secondary N) is 2. The molecule has 0 spiro atoms. The van der Waals surface area contributed by atoms with Gasteiger partial charge in [0.05, 0.1) is 6.61 Å². The summed E-state index contributed by atoms with van der Waals surface area (Å²) in [7, 11) is 3.97. The Kier molecular flexibility index (Phi) is 5.99. The molecule has 158 valence electrons. The van der Waals surface area contributed by atoms with E-state index in [0.717, 1.165) is 22.6 Å². The minimum absolute atomic E-state index is 0.290. The van der Waals surface area contributed by atoms with E-state index >= 15 is 0 Å². The van der Waals surface area contributed by atoms with Gasteiger partial charge in [0.1, 0.15) is 23.0 Å². The molecule has 0 atom stereocenters. The van der Waals surface area contributed by atoms with Crippen LogP contribution in [0.15, 0.2) is 60.1 Å². The van der Waals surface area contributed by atoms with Crippen LogP contribution in [0.3, 0.4) is 0 Å². The largest absolute Gasteiger partial charge is 0.494 e. The van der Waals surface area contributed by atoms with Crippen molar-refractivity contribution < 1.29 is 9.53 Å². The Morgan fingerprint density at radius 2 is 1.97 bits per heavy atom. The number of benzene rings is 2. The number of H-pyrrole nitrogens is 1. The van der Waals surface area contributed by atoms with Gasteiger partial charge in [-0.1, -0.05) is 12.1 Å². The lowest BCUT2D eigenvalue weighted by atomic mass is 10.1. The zero-order valence-corrected chi connectivity index (χ0v) is 18.4. The van der Waals surface area contributed by atoms with Crippen molar-refractivity contribution in [1.82, 2.24) is 15.0 Å². The first-order valence-corrected chi connectivity index (χ1v) is 10.7. The molecule has 31 heavy (non-hydrogen) atoms. The van der Waals surface area contributed by atoms with Crippen molar-refractivity contribution in [3.63, 3.8) is 0 Å². The summed E-state index contributed by atoms with van der Waals surface area (Å²) in [6.45, 7) is 2.53. The fourth-order valence-corrected chi connectivity index (χ4v) is 3.66. The average Bonchev–Trinajstić information content (AvgIpc) is 3.45. The molecule has 0 aliphatic rings. The lowest BCUT2D eigenvalue weighted by Gasteiger charge is -2.12. The molecule has 2 aromatic heterocycles. The number of carbonyl (C=O) groups is 1. The second-order valence-corrected chi connectivity index (χ2v) is 7.90. The molecule has 0 saturated heterocycles. The number of carbonyl (C=O) groups excluding carboxylic acids is 1. The number of nitrogens with zero attached hydrogens (tertiary/aromatic N) is 3. The van der Waals surface area contributed by atoms with Gasteiger partial charge < -0.3 is 14.6 Å². The Morgan fingerprint density at radius 1 is 1.16 bits per heavy atom. The van der Waals surface area contributed by atoms with Gasteiger partial charge in [0.25, 0.3) is 5.91 Å². The monoisotopic (exact) mass is 433 g/mol. The Labute approximate surface area is 184 Å². The van der Waals surface area contributed by atoms with Gasteiger partial charge in [-0.2, -0.15) is 0 Å². The summed E-state index contributed by atoms with van der Waals surface area (Å²) in [6, 6.07) is 15.6. The first-order valence-electron chi connectivity index (χ1n) is 9.87. The Bertz CT molecular complexity index is 1170. The highest BCUT2D eigenvalue weighted by molar-refractivity contribution is 7.13. The van der Waals surface area contributed by atoms with E-state index in [0.29, 0.717) is 29.0 Å². The molecule has 0 unspecified atom stereocenters. The number of ether oxygens (including phenoxy) is 1. The van der Waals surface area contributed by atoms with Crippen molar-refractivity contribution in [1.29, 1.82) is 0 Å². The second-order valence-electron chi connectivity index (χ2n) is 7.00. The highest BCUT2D eigenvalue weighted by Gasteiger charge is 2.20. The molecular formula is C23H23N5O2S. The van der Waals surface area contributed by atoms with E-state index in [2.05, 4.69) is 15.3 Å². The van der Waals surface area contributed by atoms with Gasteiger partial charge in [-0.05, 0) is 43.3 Å². The van der Waals surface area contributed by atoms with Crippen LogP contribution in [0.2, 0.25) is 0 Å². The third-order valence-corrected chi connectivity index (χ3v) is 5.35. The van der Waals surface area contributed by atoms with Crippen molar-refractivity contribution in [3.05, 3.63) is 65.8 Å². The van der Waals surface area contributed by atoms with Gasteiger partial charge in [0.2, 0.25) is 0 Å². The summed E-state index contributed by atoms with van der Waals surface area (Å²) in [5.41, 5.74) is 3.71. The third-order valence-electron chi connectivity index (χ3n) is 4.66. The number of hydrogen-bond donors (Lipinski definition) is 2. The molecule has 0 radical (unpaired) electrons. The number of thiazole rings is 1. The van der Waals surface area contributed by atoms with Crippen molar-refractivity contribution in [3.8, 4) is 28.4 Å². The molecule has 0 fully saturated rings. The molecule has 1 amide bonds. The van der Waals surface area contributed by atoms with Crippen LogP contribution < -0.4 is 15.0 Å². The van der Waals surface area contributed by atoms with Gasteiger partial charge in [0.15, 0.2) is 5.13 Å². The fourth-order valence-electron chi connectivity index (χ4n) is 3.14. The zero-order valence-electron chi connectivity index (χ0n) is 17.5. The lowest BCUT2D eigenvalue weighted by Crippen LogP contribution is -2.13. The molecule has 2 N–H and O–H groups in total. The predicted molar refractivity (Wildman–Crippen MR) is 125 cm³/mol. The average molecular weight is 434 g/mol. The second kappa shape index (κ2) is 9.01. The van der Waals surface area contributed by atoms with Crippen LogP contribution in [-0.4, -0.2) is 41.6 Å². The smallest absolute Gasteiger partial charge is 0.276 e. The summed E-state index contributed by atoms with van der Waals surface area (Å²) in [4.78, 5) is 27.2. The molecule has 0 aliphatic heterocycles. The van der Waals surface area contributed by atoms with Crippen LogP contribution in [0.5, 0.6) is 5.75 Å². The van der Waals surface area contributed by atoms with Crippen molar-refractivity contribution in [2.24, 2.45) is 0 Å². The Hall–Kier alpha value is -3.65. The van der Waals surface area contributed by atoms with E-state index in [1.165, 1.54) is 11.3 Å².